The van der Waals surface area contributed by atoms with Crippen molar-refractivity contribution in [2.45, 2.75) is 77.5 Å². The van der Waals surface area contributed by atoms with Crippen LogP contribution in [0.1, 0.15) is 84.7 Å². The van der Waals surface area contributed by atoms with Gasteiger partial charge in [-0.3, -0.25) is 43.6 Å². The third-order valence-corrected chi connectivity index (χ3v) is 12.7. The molecule has 338 valence electrons. The molecule has 65 heavy (non-hydrogen) atoms. The van der Waals surface area contributed by atoms with E-state index in [1.807, 2.05) is 12.3 Å². The van der Waals surface area contributed by atoms with Gasteiger partial charge in [-0.15, -0.1) is 5.10 Å². The molecule has 5 heterocycles. The van der Waals surface area contributed by atoms with E-state index in [-0.39, 0.29) is 41.9 Å². The van der Waals surface area contributed by atoms with Crippen LogP contribution in [0.4, 0.5) is 11.4 Å². The zero-order valence-corrected chi connectivity index (χ0v) is 36.8. The number of rotatable bonds is 20. The maximum absolute atomic E-state index is 13.3. The molecule has 1 saturated heterocycles. The van der Waals surface area contributed by atoms with Crippen LogP contribution >= 0.6 is 0 Å². The molecule has 18 nitrogen and oxygen atoms in total. The minimum Gasteiger partial charge on any atom is -0.487 e. The number of carbonyl (C=O) groups is 4. The number of hydrogen-bond acceptors (Lipinski definition) is 12. The quantitative estimate of drug-likeness (QED) is 0.0503. The number of aromatic nitrogens is 5. The normalized spacial score (nSPS) is 15.0. The van der Waals surface area contributed by atoms with Gasteiger partial charge >= 0.3 is 0 Å². The van der Waals surface area contributed by atoms with E-state index < -0.39 is 39.7 Å². The van der Waals surface area contributed by atoms with Gasteiger partial charge in [0.2, 0.25) is 21.8 Å². The lowest BCUT2D eigenvalue weighted by Crippen LogP contribution is -2.54. The molecule has 0 bridgehead atoms. The van der Waals surface area contributed by atoms with Gasteiger partial charge in [-0.05, 0) is 74.7 Å². The number of sulfonamides is 1. The second-order valence-corrected chi connectivity index (χ2v) is 18.0. The van der Waals surface area contributed by atoms with E-state index in [1.165, 1.54) is 4.57 Å². The summed E-state index contributed by atoms with van der Waals surface area (Å²) in [4.78, 5) is 67.3. The molecule has 3 aromatic heterocycles. The molecule has 1 atom stereocenters. The van der Waals surface area contributed by atoms with Crippen molar-refractivity contribution in [1.82, 2.24) is 34.8 Å². The molecule has 4 amide bonds. The number of hydrogen-bond donors (Lipinski definition) is 4. The first-order valence-electron chi connectivity index (χ1n) is 21.6. The molecular weight excluding hydrogens is 855 g/mol. The maximum Gasteiger partial charge on any atom is 0.274 e. The summed E-state index contributed by atoms with van der Waals surface area (Å²) in [7, 11) is -1.90. The van der Waals surface area contributed by atoms with Crippen molar-refractivity contribution >= 4 is 55.9 Å². The molecular formula is C46H49N9O9S. The molecule has 0 saturated carbocycles. The Morgan fingerprint density at radius 1 is 0.846 bits per heavy atom. The lowest BCUT2D eigenvalue weighted by atomic mass is 10.0. The highest BCUT2D eigenvalue weighted by Gasteiger charge is 2.45. The molecule has 0 radical (unpaired) electrons. The largest absolute Gasteiger partial charge is 0.487 e. The Bertz CT molecular complexity index is 2960. The van der Waals surface area contributed by atoms with E-state index in [9.17, 15) is 32.4 Å². The highest BCUT2D eigenvalue weighted by atomic mass is 32.2. The SMILES string of the molecule is CCS(=O)(=O)Nc1ccc(Oc2cccc(OCc3cn(CCCCCCCCNc4cccc5c4C(=O)N(C4CCC(=O)NC4=O)C5=O)nn3)c2)c(-c2cn(C)c(=O)c3[nH]ccc23)c1. The van der Waals surface area contributed by atoms with Crippen molar-refractivity contribution in [2.75, 3.05) is 22.3 Å². The molecule has 3 aromatic carbocycles. The Morgan fingerprint density at radius 3 is 2.45 bits per heavy atom. The van der Waals surface area contributed by atoms with E-state index in [1.54, 1.807) is 91.7 Å². The maximum atomic E-state index is 13.3. The summed E-state index contributed by atoms with van der Waals surface area (Å²) in [5.41, 5.74) is 3.57. The van der Waals surface area contributed by atoms with Crippen molar-refractivity contribution in [3.63, 3.8) is 0 Å². The number of nitrogens with one attached hydrogen (secondary N) is 4. The lowest BCUT2D eigenvalue weighted by Gasteiger charge is -2.27. The zero-order valence-electron chi connectivity index (χ0n) is 36.0. The molecule has 8 rings (SSSR count). The van der Waals surface area contributed by atoms with Crippen LogP contribution in [0.3, 0.4) is 0 Å². The number of amides is 4. The molecule has 1 fully saturated rings. The number of imide groups is 2. The first-order chi connectivity index (χ1) is 31.4. The topological polar surface area (TPSA) is 229 Å². The Balaban J connectivity index is 0.785. The number of aromatic amines is 1. The molecule has 0 aliphatic carbocycles. The summed E-state index contributed by atoms with van der Waals surface area (Å²) in [6, 6.07) is 18.0. The van der Waals surface area contributed by atoms with Gasteiger partial charge in [0, 0.05) is 72.9 Å². The number of aryl methyl sites for hydroxylation is 2. The number of anilines is 2. The number of piperidine rings is 1. The Morgan fingerprint density at radius 2 is 1.63 bits per heavy atom. The van der Waals surface area contributed by atoms with Crippen molar-refractivity contribution < 1.29 is 37.1 Å². The van der Waals surface area contributed by atoms with Crippen LogP contribution in [0, 0.1) is 0 Å². The van der Waals surface area contributed by atoms with Crippen molar-refractivity contribution in [3.05, 3.63) is 112 Å². The summed E-state index contributed by atoms with van der Waals surface area (Å²) in [5, 5.41) is 14.7. The average Bonchev–Trinajstić information content (AvgIpc) is 4.03. The van der Waals surface area contributed by atoms with Crippen molar-refractivity contribution in [2.24, 2.45) is 7.05 Å². The molecule has 6 aromatic rings. The van der Waals surface area contributed by atoms with E-state index in [0.717, 1.165) is 43.4 Å². The number of H-pyrrole nitrogens is 1. The highest BCUT2D eigenvalue weighted by Crippen LogP contribution is 2.39. The monoisotopic (exact) mass is 903 g/mol. The second-order valence-electron chi connectivity index (χ2n) is 16.0. The van der Waals surface area contributed by atoms with Gasteiger partial charge in [0.15, 0.2) is 0 Å². The smallest absolute Gasteiger partial charge is 0.274 e. The predicted molar refractivity (Wildman–Crippen MR) is 242 cm³/mol. The second kappa shape index (κ2) is 19.2. The summed E-state index contributed by atoms with van der Waals surface area (Å²) < 4.78 is 43.2. The van der Waals surface area contributed by atoms with Crippen LogP contribution < -0.4 is 30.4 Å². The van der Waals surface area contributed by atoms with Crippen LogP contribution in [0.2, 0.25) is 0 Å². The standard InChI is InChI=1S/C46H49N9O9S/c1-3-65(61,62)51-29-16-18-39(35(24-29)36-27-53(2)46(60)42-33(36)20-22-48-42)64-32-13-10-12-31(25-32)63-28-30-26-54(52-50-30)23-9-7-5-4-6-8-21-47-37-15-11-14-34-41(37)45(59)55(44(34)58)38-17-19-40(56)49-43(38)57/h10-16,18,20,22,24-27,38,47-48,51H,3-9,17,19,21,23,28H2,1-2H3,(H,49,56,57). The Kier molecular flexibility index (Phi) is 13.1. The summed E-state index contributed by atoms with van der Waals surface area (Å²) in [6.45, 7) is 3.08. The molecule has 1 unspecified atom stereocenters. The highest BCUT2D eigenvalue weighted by molar-refractivity contribution is 7.92. The van der Waals surface area contributed by atoms with Gasteiger partial charge in [-0.25, -0.2) is 8.42 Å². The molecule has 0 spiro atoms. The Labute approximate surface area is 374 Å². The van der Waals surface area contributed by atoms with Crippen molar-refractivity contribution in [3.8, 4) is 28.4 Å². The molecule has 4 N–H and O–H groups in total. The van der Waals surface area contributed by atoms with Crippen LogP contribution in [0.25, 0.3) is 22.0 Å². The minimum absolute atomic E-state index is 0.0712. The fourth-order valence-corrected chi connectivity index (χ4v) is 8.68. The fourth-order valence-electron chi connectivity index (χ4n) is 8.05. The minimum atomic E-state index is -3.56. The van der Waals surface area contributed by atoms with E-state index in [2.05, 4.69) is 30.7 Å². The Hall–Kier alpha value is -7.28. The van der Waals surface area contributed by atoms with Crippen LogP contribution in [0.15, 0.2) is 90.1 Å². The number of fused-ring (bicyclic) bond motifs is 2. The molecule has 2 aliphatic heterocycles. The lowest BCUT2D eigenvalue weighted by molar-refractivity contribution is -0.136. The first kappa shape index (κ1) is 44.3. The van der Waals surface area contributed by atoms with Gasteiger partial charge in [0.1, 0.15) is 41.1 Å². The van der Waals surface area contributed by atoms with E-state index >= 15 is 0 Å². The average molecular weight is 904 g/mol. The number of benzene rings is 3. The van der Waals surface area contributed by atoms with E-state index in [4.69, 9.17) is 9.47 Å². The van der Waals surface area contributed by atoms with Crippen LogP contribution in [-0.2, 0) is 39.8 Å². The number of carbonyl (C=O) groups excluding carboxylic acids is 4. The summed E-state index contributed by atoms with van der Waals surface area (Å²) in [5.74, 6) is -0.714. The third-order valence-electron chi connectivity index (χ3n) is 11.4. The van der Waals surface area contributed by atoms with Crippen LogP contribution in [-0.4, -0.2) is 79.8 Å². The number of pyridine rings is 1. The zero-order chi connectivity index (χ0) is 45.7. The summed E-state index contributed by atoms with van der Waals surface area (Å²) in [6.07, 6.45) is 11.3. The van der Waals surface area contributed by atoms with Gasteiger partial charge in [-0.2, -0.15) is 0 Å². The first-order valence-corrected chi connectivity index (χ1v) is 23.2. The summed E-state index contributed by atoms with van der Waals surface area (Å²) >= 11 is 0. The predicted octanol–water partition coefficient (Wildman–Crippen LogP) is 6.11. The number of ether oxygens (including phenoxy) is 2. The molecule has 2 aliphatic rings. The van der Waals surface area contributed by atoms with Gasteiger partial charge < -0.3 is 24.3 Å². The van der Waals surface area contributed by atoms with Gasteiger partial charge in [0.25, 0.3) is 17.4 Å². The number of nitrogens with zero attached hydrogens (tertiary/aromatic N) is 5. The van der Waals surface area contributed by atoms with Gasteiger partial charge in [0.05, 0.1) is 23.1 Å². The molecule has 19 heteroatoms. The van der Waals surface area contributed by atoms with Crippen molar-refractivity contribution in [1.29, 1.82) is 0 Å². The number of unbranched alkanes of at least 4 members (excludes halogenated alkanes) is 5. The third kappa shape index (κ3) is 9.94. The fraction of sp³-hybridized carbons (Fsp3) is 0.326. The van der Waals surface area contributed by atoms with E-state index in [0.29, 0.717) is 69.4 Å². The van der Waals surface area contributed by atoms with Crippen LogP contribution in [0.5, 0.6) is 17.2 Å². The van der Waals surface area contributed by atoms with Gasteiger partial charge in [-0.1, -0.05) is 43.0 Å².